The first-order valence-corrected chi connectivity index (χ1v) is 9.82. The molecule has 3 amide bonds. The van der Waals surface area contributed by atoms with E-state index < -0.39 is 18.0 Å². The summed E-state index contributed by atoms with van der Waals surface area (Å²) in [6.45, 7) is 2.07. The second-order valence-corrected chi connectivity index (χ2v) is 7.06. The Bertz CT molecular complexity index is 1010. The fourth-order valence-corrected chi connectivity index (χ4v) is 3.48. The molecule has 0 radical (unpaired) electrons. The van der Waals surface area contributed by atoms with Gasteiger partial charge < -0.3 is 11.1 Å². The zero-order valence-corrected chi connectivity index (χ0v) is 16.7. The summed E-state index contributed by atoms with van der Waals surface area (Å²) in [5, 5.41) is 4.00. The van der Waals surface area contributed by atoms with Crippen LogP contribution in [0.25, 0.3) is 0 Å². The second-order valence-electron chi connectivity index (χ2n) is 7.06. The van der Waals surface area contributed by atoms with Crippen molar-refractivity contribution < 1.29 is 19.3 Å². The van der Waals surface area contributed by atoms with Crippen LogP contribution in [0.15, 0.2) is 78.9 Å². The summed E-state index contributed by atoms with van der Waals surface area (Å²) >= 11 is 0. The highest BCUT2D eigenvalue weighted by Gasteiger charge is 2.30. The number of quaternary nitrogens is 1. The molecule has 0 aliphatic heterocycles. The smallest absolute Gasteiger partial charge is 0.319 e. The number of hydrogen-bond acceptors (Lipinski definition) is 2. The molecule has 3 aromatic rings. The minimum Gasteiger partial charge on any atom is -0.351 e. The third-order valence-electron chi connectivity index (χ3n) is 5.03. The van der Waals surface area contributed by atoms with E-state index in [0.29, 0.717) is 11.1 Å². The molecule has 0 heterocycles. The molecule has 0 aromatic heterocycles. The van der Waals surface area contributed by atoms with Gasteiger partial charge >= 0.3 is 6.03 Å². The number of hydrogen-bond donors (Lipinski definition) is 3. The van der Waals surface area contributed by atoms with E-state index in [4.69, 9.17) is 5.73 Å². The maximum absolute atomic E-state index is 14.0. The molecule has 5 N–H and O–H groups in total. The van der Waals surface area contributed by atoms with E-state index >= 15 is 0 Å². The van der Waals surface area contributed by atoms with E-state index in [-0.39, 0.29) is 11.9 Å². The standard InChI is InChI=1S/C24H24FN3O2/c1-2-16-11-13-18(14-12-16)21(19-9-6-10-20(25)15-19)27-22(23(29)28-24(26)30)17-7-4-3-5-8-17/h3-15,21-22,27H,2H2,1H3,(H3,26,28,29,30)/p+1/t21-,22-/m1/s1. The number of nitrogens with two attached hydrogens (primary N) is 2. The highest BCUT2D eigenvalue weighted by Crippen LogP contribution is 2.22. The highest BCUT2D eigenvalue weighted by molar-refractivity contribution is 5.96. The molecule has 0 unspecified atom stereocenters. The first-order chi connectivity index (χ1) is 14.5. The molecule has 0 saturated carbocycles. The first kappa shape index (κ1) is 21.2. The highest BCUT2D eigenvalue weighted by atomic mass is 19.1. The van der Waals surface area contributed by atoms with Crippen LogP contribution in [-0.4, -0.2) is 11.9 Å². The van der Waals surface area contributed by atoms with Gasteiger partial charge in [-0.3, -0.25) is 10.1 Å². The minimum absolute atomic E-state index is 0.353. The number of carbonyl (C=O) groups excluding carboxylic acids is 2. The Labute approximate surface area is 175 Å². The summed E-state index contributed by atoms with van der Waals surface area (Å²) < 4.78 is 14.0. The summed E-state index contributed by atoms with van der Waals surface area (Å²) in [6.07, 6.45) is 0.905. The van der Waals surface area contributed by atoms with E-state index in [1.54, 1.807) is 6.07 Å². The SMILES string of the molecule is CCc1ccc([C@@H]([NH2+][C@@H](C(=O)NC(N)=O)c2ccccc2)c2cccc(F)c2)cc1. The Balaban J connectivity index is 2.03. The van der Waals surface area contributed by atoms with Crippen molar-refractivity contribution in [3.05, 3.63) is 107 Å². The van der Waals surface area contributed by atoms with Crippen LogP contribution in [0.3, 0.4) is 0 Å². The van der Waals surface area contributed by atoms with Gasteiger partial charge in [0, 0.05) is 16.7 Å². The van der Waals surface area contributed by atoms with E-state index in [9.17, 15) is 14.0 Å². The number of amides is 3. The lowest BCUT2D eigenvalue weighted by molar-refractivity contribution is -0.713. The van der Waals surface area contributed by atoms with Crippen molar-refractivity contribution in [1.82, 2.24) is 5.32 Å². The third-order valence-corrected chi connectivity index (χ3v) is 5.03. The van der Waals surface area contributed by atoms with Crippen LogP contribution < -0.4 is 16.4 Å². The fraction of sp³-hybridized carbons (Fsp3) is 0.167. The molecule has 0 bridgehead atoms. The van der Waals surface area contributed by atoms with Gasteiger partial charge in [-0.1, -0.05) is 73.7 Å². The monoisotopic (exact) mass is 406 g/mol. The number of carbonyl (C=O) groups is 2. The van der Waals surface area contributed by atoms with Gasteiger partial charge in [0.15, 0.2) is 6.04 Å². The van der Waals surface area contributed by atoms with Crippen molar-refractivity contribution in [3.63, 3.8) is 0 Å². The molecular formula is C24H25FN3O2+. The van der Waals surface area contributed by atoms with Gasteiger partial charge in [-0.15, -0.1) is 0 Å². The Morgan fingerprint density at radius 3 is 2.20 bits per heavy atom. The van der Waals surface area contributed by atoms with Gasteiger partial charge in [-0.05, 0) is 24.1 Å². The number of primary amides is 1. The van der Waals surface area contributed by atoms with Crippen molar-refractivity contribution in [2.24, 2.45) is 5.73 Å². The lowest BCUT2D eigenvalue weighted by atomic mass is 9.95. The number of imide groups is 1. The van der Waals surface area contributed by atoms with Gasteiger partial charge in [0.2, 0.25) is 0 Å². The lowest BCUT2D eigenvalue weighted by Crippen LogP contribution is -2.88. The molecule has 30 heavy (non-hydrogen) atoms. The van der Waals surface area contributed by atoms with Crippen molar-refractivity contribution >= 4 is 11.9 Å². The molecule has 0 aliphatic carbocycles. The van der Waals surface area contributed by atoms with Gasteiger partial charge in [0.05, 0.1) is 0 Å². The molecule has 154 valence electrons. The van der Waals surface area contributed by atoms with Gasteiger partial charge in [0.1, 0.15) is 11.9 Å². The summed E-state index contributed by atoms with van der Waals surface area (Å²) in [7, 11) is 0. The quantitative estimate of drug-likeness (QED) is 0.563. The number of urea groups is 1. The zero-order valence-electron chi connectivity index (χ0n) is 16.7. The van der Waals surface area contributed by atoms with Crippen LogP contribution in [0.5, 0.6) is 0 Å². The molecule has 3 rings (SSSR count). The van der Waals surface area contributed by atoms with Gasteiger partial charge in [0.25, 0.3) is 5.91 Å². The number of halogens is 1. The first-order valence-electron chi connectivity index (χ1n) is 9.82. The molecule has 3 aromatic carbocycles. The zero-order chi connectivity index (χ0) is 21.5. The molecule has 5 nitrogen and oxygen atoms in total. The number of nitrogens with one attached hydrogen (secondary N) is 1. The van der Waals surface area contributed by atoms with Gasteiger partial charge in [-0.25, -0.2) is 9.18 Å². The summed E-state index contributed by atoms with van der Waals surface area (Å²) in [4.78, 5) is 24.1. The molecule has 0 saturated heterocycles. The molecule has 6 heteroatoms. The summed E-state index contributed by atoms with van der Waals surface area (Å²) in [5.41, 5.74) is 8.71. The largest absolute Gasteiger partial charge is 0.351 e. The van der Waals surface area contributed by atoms with E-state index in [1.165, 1.54) is 17.7 Å². The topological polar surface area (TPSA) is 88.8 Å². The van der Waals surface area contributed by atoms with Crippen LogP contribution in [0, 0.1) is 5.82 Å². The lowest BCUT2D eigenvalue weighted by Gasteiger charge is -2.23. The number of aryl methyl sites for hydroxylation is 1. The number of benzene rings is 3. The maximum Gasteiger partial charge on any atom is 0.319 e. The average Bonchev–Trinajstić information content (AvgIpc) is 2.74. The Kier molecular flexibility index (Phi) is 6.93. The number of rotatable bonds is 7. The van der Waals surface area contributed by atoms with Crippen LogP contribution in [0.1, 0.15) is 41.3 Å². The third kappa shape index (κ3) is 5.30. The molecule has 0 fully saturated rings. The molecule has 2 atom stereocenters. The predicted octanol–water partition coefficient (Wildman–Crippen LogP) is 2.98. The summed E-state index contributed by atoms with van der Waals surface area (Å²) in [6, 6.07) is 21.4. The van der Waals surface area contributed by atoms with Gasteiger partial charge in [-0.2, -0.15) is 0 Å². The van der Waals surface area contributed by atoms with Crippen molar-refractivity contribution in [2.75, 3.05) is 0 Å². The second kappa shape index (κ2) is 9.80. The van der Waals surface area contributed by atoms with Crippen LogP contribution in [0.2, 0.25) is 0 Å². The predicted molar refractivity (Wildman–Crippen MR) is 113 cm³/mol. The fourth-order valence-electron chi connectivity index (χ4n) is 3.48. The molecular weight excluding hydrogens is 381 g/mol. The van der Waals surface area contributed by atoms with E-state index in [0.717, 1.165) is 12.0 Å². The van der Waals surface area contributed by atoms with E-state index in [1.807, 2.05) is 66.0 Å². The molecule has 0 spiro atoms. The van der Waals surface area contributed by atoms with Crippen molar-refractivity contribution in [1.29, 1.82) is 0 Å². The van der Waals surface area contributed by atoms with E-state index in [2.05, 4.69) is 12.2 Å². The minimum atomic E-state index is -0.913. The van der Waals surface area contributed by atoms with Crippen LogP contribution in [-0.2, 0) is 11.2 Å². The normalized spacial score (nSPS) is 12.7. The Hall–Kier alpha value is -3.51. The maximum atomic E-state index is 14.0. The van der Waals surface area contributed by atoms with Crippen molar-refractivity contribution in [2.45, 2.75) is 25.4 Å². The van der Waals surface area contributed by atoms with Crippen LogP contribution >= 0.6 is 0 Å². The molecule has 0 aliphatic rings. The Morgan fingerprint density at radius 2 is 1.60 bits per heavy atom. The van der Waals surface area contributed by atoms with Crippen molar-refractivity contribution in [3.8, 4) is 0 Å². The van der Waals surface area contributed by atoms with Crippen LogP contribution in [0.4, 0.5) is 9.18 Å². The Morgan fingerprint density at radius 1 is 0.933 bits per heavy atom. The summed E-state index contributed by atoms with van der Waals surface area (Å²) in [5.74, 6) is -0.880. The average molecular weight is 406 g/mol.